The zero-order valence-electron chi connectivity index (χ0n) is 9.85. The molecule has 0 atom stereocenters. The molecule has 7 nitrogen and oxygen atoms in total. The van der Waals surface area contributed by atoms with Crippen LogP contribution in [0.3, 0.4) is 0 Å². The molecule has 8 heteroatoms. The van der Waals surface area contributed by atoms with Crippen LogP contribution in [0.1, 0.15) is 0 Å². The molecule has 0 saturated carbocycles. The van der Waals surface area contributed by atoms with E-state index in [1.807, 2.05) is 0 Å². The van der Waals surface area contributed by atoms with Crippen molar-refractivity contribution in [3.05, 3.63) is 11.2 Å². The van der Waals surface area contributed by atoms with Crippen molar-refractivity contribution in [3.63, 3.8) is 0 Å². The number of hydrogen-bond donors (Lipinski definition) is 1. The van der Waals surface area contributed by atoms with Gasteiger partial charge in [-0.1, -0.05) is 11.6 Å². The standard InChI is InChI=1S/C10H13ClN4O3/c1-17-9-13-7(11)6-8(14-9)18-10(16)15-4-2-12-3-5-15/h6,12H,2-5H2,1H3. The van der Waals surface area contributed by atoms with Crippen molar-refractivity contribution < 1.29 is 14.3 Å². The molecule has 1 saturated heterocycles. The van der Waals surface area contributed by atoms with Gasteiger partial charge in [0.25, 0.3) is 0 Å². The summed E-state index contributed by atoms with van der Waals surface area (Å²) in [6, 6.07) is 1.43. The maximum Gasteiger partial charge on any atom is 0.416 e. The number of piperazine rings is 1. The van der Waals surface area contributed by atoms with Crippen LogP contribution >= 0.6 is 11.6 Å². The van der Waals surface area contributed by atoms with Gasteiger partial charge < -0.3 is 19.7 Å². The van der Waals surface area contributed by atoms with Crippen LogP contribution in [-0.4, -0.2) is 54.2 Å². The predicted octanol–water partition coefficient (Wildman–Crippen LogP) is 0.543. The average Bonchev–Trinajstić information content (AvgIpc) is 2.39. The normalized spacial score (nSPS) is 15.3. The minimum absolute atomic E-state index is 0.0608. The zero-order chi connectivity index (χ0) is 13.0. The van der Waals surface area contributed by atoms with Gasteiger partial charge in [0.1, 0.15) is 5.15 Å². The fraction of sp³-hybridized carbons (Fsp3) is 0.500. The van der Waals surface area contributed by atoms with Crippen LogP contribution in [0, 0.1) is 0 Å². The van der Waals surface area contributed by atoms with E-state index in [9.17, 15) is 4.79 Å². The summed E-state index contributed by atoms with van der Waals surface area (Å²) in [7, 11) is 1.41. The van der Waals surface area contributed by atoms with Crippen molar-refractivity contribution in [1.82, 2.24) is 20.2 Å². The van der Waals surface area contributed by atoms with Crippen LogP contribution in [0.5, 0.6) is 11.9 Å². The lowest BCUT2D eigenvalue weighted by Crippen LogP contribution is -2.47. The number of carbonyl (C=O) groups excluding carboxylic acids is 1. The van der Waals surface area contributed by atoms with Crippen LogP contribution in [0.4, 0.5) is 4.79 Å². The topological polar surface area (TPSA) is 76.6 Å². The molecule has 2 rings (SSSR count). The molecule has 0 aliphatic carbocycles. The monoisotopic (exact) mass is 272 g/mol. The molecule has 1 amide bonds. The second-order valence-electron chi connectivity index (χ2n) is 3.62. The third-order valence-corrected chi connectivity index (χ3v) is 2.59. The lowest BCUT2D eigenvalue weighted by Gasteiger charge is -2.26. The van der Waals surface area contributed by atoms with Crippen molar-refractivity contribution >= 4 is 17.7 Å². The minimum Gasteiger partial charge on any atom is -0.467 e. The summed E-state index contributed by atoms with van der Waals surface area (Å²) < 4.78 is 9.96. The summed E-state index contributed by atoms with van der Waals surface area (Å²) in [4.78, 5) is 21.1. The van der Waals surface area contributed by atoms with Crippen molar-refractivity contribution in [2.24, 2.45) is 0 Å². The van der Waals surface area contributed by atoms with Gasteiger partial charge >= 0.3 is 12.1 Å². The van der Waals surface area contributed by atoms with Crippen molar-refractivity contribution in [2.75, 3.05) is 33.3 Å². The Morgan fingerprint density at radius 3 is 2.83 bits per heavy atom. The highest BCUT2D eigenvalue weighted by Gasteiger charge is 2.19. The number of rotatable bonds is 2. The molecule has 0 spiro atoms. The number of methoxy groups -OCH3 is 1. The molecule has 1 aromatic rings. The summed E-state index contributed by atoms with van der Waals surface area (Å²) in [6.45, 7) is 2.72. The highest BCUT2D eigenvalue weighted by Crippen LogP contribution is 2.18. The van der Waals surface area contributed by atoms with E-state index in [-0.39, 0.29) is 17.0 Å². The second kappa shape index (κ2) is 5.83. The number of nitrogens with zero attached hydrogens (tertiary/aromatic N) is 3. The average molecular weight is 273 g/mol. The fourth-order valence-electron chi connectivity index (χ4n) is 1.52. The minimum atomic E-state index is -0.451. The number of carbonyl (C=O) groups is 1. The Labute approximate surface area is 109 Å². The number of halogens is 1. The molecule has 18 heavy (non-hydrogen) atoms. The van der Waals surface area contributed by atoms with Gasteiger partial charge in [-0.15, -0.1) is 0 Å². The summed E-state index contributed by atoms with van der Waals surface area (Å²) in [5, 5.41) is 3.30. The summed E-state index contributed by atoms with van der Waals surface area (Å²) in [5.74, 6) is 0.0791. The molecular weight excluding hydrogens is 260 g/mol. The number of nitrogens with one attached hydrogen (secondary N) is 1. The Kier molecular flexibility index (Phi) is 4.16. The van der Waals surface area contributed by atoms with E-state index in [0.29, 0.717) is 13.1 Å². The first-order chi connectivity index (χ1) is 8.69. The lowest BCUT2D eigenvalue weighted by molar-refractivity contribution is 0.143. The lowest BCUT2D eigenvalue weighted by atomic mass is 10.4. The second-order valence-corrected chi connectivity index (χ2v) is 4.01. The molecule has 98 valence electrons. The van der Waals surface area contributed by atoms with Crippen molar-refractivity contribution in [2.45, 2.75) is 0 Å². The highest BCUT2D eigenvalue weighted by atomic mass is 35.5. The molecule has 0 bridgehead atoms. The van der Waals surface area contributed by atoms with Crippen LogP contribution in [0.2, 0.25) is 5.15 Å². The maximum absolute atomic E-state index is 11.8. The van der Waals surface area contributed by atoms with Gasteiger partial charge in [0, 0.05) is 32.2 Å². The molecule has 1 aliphatic rings. The van der Waals surface area contributed by atoms with Gasteiger partial charge in [0.2, 0.25) is 5.88 Å². The fourth-order valence-corrected chi connectivity index (χ4v) is 1.69. The number of ether oxygens (including phenoxy) is 2. The first-order valence-corrected chi connectivity index (χ1v) is 5.83. The molecule has 0 aromatic carbocycles. The van der Waals surface area contributed by atoms with Crippen LogP contribution in [0.15, 0.2) is 6.07 Å². The molecule has 0 unspecified atom stereocenters. The van der Waals surface area contributed by atoms with Crippen molar-refractivity contribution in [3.8, 4) is 11.9 Å². The van der Waals surface area contributed by atoms with Gasteiger partial charge in [0.15, 0.2) is 0 Å². The molecule has 1 aliphatic heterocycles. The summed E-state index contributed by atoms with van der Waals surface area (Å²) >= 11 is 5.75. The van der Waals surface area contributed by atoms with E-state index in [1.54, 1.807) is 4.90 Å². The molecule has 1 N–H and O–H groups in total. The van der Waals surface area contributed by atoms with Gasteiger partial charge in [-0.25, -0.2) is 4.79 Å². The Hall–Kier alpha value is -1.60. The maximum atomic E-state index is 11.8. The van der Waals surface area contributed by atoms with Gasteiger partial charge in [-0.2, -0.15) is 9.97 Å². The van der Waals surface area contributed by atoms with E-state index in [4.69, 9.17) is 21.1 Å². The SMILES string of the molecule is COc1nc(Cl)cc(OC(=O)N2CCNCC2)n1. The third-order valence-electron chi connectivity index (χ3n) is 2.40. The van der Waals surface area contributed by atoms with Crippen LogP contribution in [-0.2, 0) is 0 Å². The first kappa shape index (κ1) is 12.8. The van der Waals surface area contributed by atoms with Crippen molar-refractivity contribution in [1.29, 1.82) is 0 Å². The molecule has 2 heterocycles. The molecule has 1 fully saturated rings. The Morgan fingerprint density at radius 2 is 2.17 bits per heavy atom. The van der Waals surface area contributed by atoms with E-state index < -0.39 is 6.09 Å². The van der Waals surface area contributed by atoms with Crippen LogP contribution < -0.4 is 14.8 Å². The van der Waals surface area contributed by atoms with Gasteiger partial charge in [0.05, 0.1) is 7.11 Å². The Morgan fingerprint density at radius 1 is 1.44 bits per heavy atom. The first-order valence-electron chi connectivity index (χ1n) is 5.45. The largest absolute Gasteiger partial charge is 0.467 e. The Bertz CT molecular complexity index is 437. The highest BCUT2D eigenvalue weighted by molar-refractivity contribution is 6.29. The Balaban J connectivity index is 2.03. The van der Waals surface area contributed by atoms with E-state index >= 15 is 0 Å². The predicted molar refractivity (Wildman–Crippen MR) is 64.1 cm³/mol. The van der Waals surface area contributed by atoms with Gasteiger partial charge in [-0.3, -0.25) is 0 Å². The number of aromatic nitrogens is 2. The van der Waals surface area contributed by atoms with Crippen LogP contribution in [0.25, 0.3) is 0 Å². The smallest absolute Gasteiger partial charge is 0.416 e. The summed E-state index contributed by atoms with van der Waals surface area (Å²) in [5.41, 5.74) is 0. The zero-order valence-corrected chi connectivity index (χ0v) is 10.6. The quantitative estimate of drug-likeness (QED) is 0.792. The third kappa shape index (κ3) is 3.21. The molecular formula is C10H13ClN4O3. The number of hydrogen-bond acceptors (Lipinski definition) is 6. The summed E-state index contributed by atoms with van der Waals surface area (Å²) in [6.07, 6.45) is -0.451. The van der Waals surface area contributed by atoms with E-state index in [0.717, 1.165) is 13.1 Å². The molecule has 0 radical (unpaired) electrons. The van der Waals surface area contributed by atoms with E-state index in [1.165, 1.54) is 13.2 Å². The molecule has 1 aromatic heterocycles. The van der Waals surface area contributed by atoms with Gasteiger partial charge in [-0.05, 0) is 0 Å². The van der Waals surface area contributed by atoms with E-state index in [2.05, 4.69) is 15.3 Å². The number of amides is 1.